The molecule has 0 spiro atoms. The Kier molecular flexibility index (Phi) is 3.26. The van der Waals surface area contributed by atoms with Crippen LogP contribution in [0.5, 0.6) is 5.75 Å². The Hall–Kier alpha value is -2.34. The zero-order chi connectivity index (χ0) is 14.0. The van der Waals surface area contributed by atoms with Crippen LogP contribution in [0.15, 0.2) is 30.6 Å². The van der Waals surface area contributed by atoms with E-state index in [2.05, 4.69) is 9.97 Å². The fraction of sp³-hybridized carbons (Fsp3) is 0.231. The first kappa shape index (κ1) is 13.1. The van der Waals surface area contributed by atoms with Crippen molar-refractivity contribution in [2.45, 2.75) is 18.9 Å². The van der Waals surface area contributed by atoms with Gasteiger partial charge in [-0.15, -0.1) is 0 Å². The van der Waals surface area contributed by atoms with Gasteiger partial charge in [0, 0.05) is 18.8 Å². The number of H-pyrrole nitrogens is 1. The number of carboxylic acids is 1. The molecule has 0 radical (unpaired) electrons. The van der Waals surface area contributed by atoms with Crippen molar-refractivity contribution in [1.29, 1.82) is 0 Å². The van der Waals surface area contributed by atoms with Gasteiger partial charge in [0.25, 0.3) is 0 Å². The maximum Gasteiger partial charge on any atom is 0.323 e. The maximum atomic E-state index is 11.0. The van der Waals surface area contributed by atoms with Gasteiger partial charge in [-0.3, -0.25) is 4.79 Å². The Morgan fingerprint density at radius 2 is 2.26 bits per heavy atom. The Morgan fingerprint density at radius 1 is 1.53 bits per heavy atom. The SMILES string of the molecule is CC(N)(Cc1ccc(O)c(-c2ncc[nH]2)c1)C(=O)O. The van der Waals surface area contributed by atoms with Crippen LogP contribution in [0.2, 0.25) is 0 Å². The van der Waals surface area contributed by atoms with Crippen LogP contribution >= 0.6 is 0 Å². The van der Waals surface area contributed by atoms with Gasteiger partial charge in [-0.1, -0.05) is 6.07 Å². The highest BCUT2D eigenvalue weighted by Crippen LogP contribution is 2.28. The number of nitrogens with two attached hydrogens (primary N) is 1. The third-order valence-corrected chi connectivity index (χ3v) is 2.87. The van der Waals surface area contributed by atoms with Gasteiger partial charge in [0.05, 0.1) is 5.56 Å². The van der Waals surface area contributed by atoms with E-state index in [1.54, 1.807) is 24.5 Å². The molecule has 0 saturated carbocycles. The van der Waals surface area contributed by atoms with E-state index in [1.807, 2.05) is 0 Å². The second-order valence-corrected chi connectivity index (χ2v) is 4.69. The average molecular weight is 261 g/mol. The van der Waals surface area contributed by atoms with Gasteiger partial charge in [-0.2, -0.15) is 0 Å². The largest absolute Gasteiger partial charge is 0.507 e. The second kappa shape index (κ2) is 4.74. The quantitative estimate of drug-likeness (QED) is 0.659. The molecule has 6 nitrogen and oxygen atoms in total. The molecule has 0 aliphatic heterocycles. The summed E-state index contributed by atoms with van der Waals surface area (Å²) in [6, 6.07) is 4.84. The van der Waals surface area contributed by atoms with Crippen molar-refractivity contribution in [2.75, 3.05) is 0 Å². The standard InChI is InChI=1S/C13H15N3O3/c1-13(14,12(18)19)7-8-2-3-10(17)9(6-8)11-15-4-5-16-11/h2-6,17H,7,14H2,1H3,(H,15,16)(H,18,19). The molecule has 1 aromatic carbocycles. The number of imidazole rings is 1. The zero-order valence-electron chi connectivity index (χ0n) is 10.4. The lowest BCUT2D eigenvalue weighted by Gasteiger charge is -2.19. The van der Waals surface area contributed by atoms with E-state index in [0.717, 1.165) is 5.56 Å². The number of aromatic hydroxyl groups is 1. The molecule has 5 N–H and O–H groups in total. The molecule has 1 unspecified atom stereocenters. The van der Waals surface area contributed by atoms with Crippen LogP contribution in [-0.2, 0) is 11.2 Å². The number of aliphatic carboxylic acids is 1. The topological polar surface area (TPSA) is 112 Å². The predicted octanol–water partition coefficient (Wildman–Crippen LogP) is 1.13. The molecule has 0 bridgehead atoms. The minimum atomic E-state index is -1.35. The van der Waals surface area contributed by atoms with E-state index in [1.165, 1.54) is 13.0 Å². The first-order valence-corrected chi connectivity index (χ1v) is 5.74. The summed E-state index contributed by atoms with van der Waals surface area (Å²) < 4.78 is 0. The minimum absolute atomic E-state index is 0.0766. The van der Waals surface area contributed by atoms with Crippen molar-refractivity contribution in [3.8, 4) is 17.1 Å². The van der Waals surface area contributed by atoms with Gasteiger partial charge in [0.15, 0.2) is 0 Å². The van der Waals surface area contributed by atoms with Crippen LogP contribution < -0.4 is 5.73 Å². The van der Waals surface area contributed by atoms with Crippen molar-refractivity contribution in [2.24, 2.45) is 5.73 Å². The molecule has 1 atom stereocenters. The summed E-state index contributed by atoms with van der Waals surface area (Å²) >= 11 is 0. The maximum absolute atomic E-state index is 11.0. The normalized spacial score (nSPS) is 14.0. The lowest BCUT2D eigenvalue weighted by molar-refractivity contribution is -0.142. The highest BCUT2D eigenvalue weighted by atomic mass is 16.4. The van der Waals surface area contributed by atoms with E-state index in [0.29, 0.717) is 11.4 Å². The van der Waals surface area contributed by atoms with E-state index in [9.17, 15) is 9.90 Å². The summed E-state index contributed by atoms with van der Waals surface area (Å²) in [7, 11) is 0. The van der Waals surface area contributed by atoms with Gasteiger partial charge in [0.1, 0.15) is 17.1 Å². The smallest absolute Gasteiger partial charge is 0.323 e. The van der Waals surface area contributed by atoms with Crippen LogP contribution in [0.1, 0.15) is 12.5 Å². The van der Waals surface area contributed by atoms with Crippen molar-refractivity contribution in [1.82, 2.24) is 9.97 Å². The van der Waals surface area contributed by atoms with Gasteiger partial charge < -0.3 is 20.9 Å². The van der Waals surface area contributed by atoms with Crippen molar-refractivity contribution >= 4 is 5.97 Å². The van der Waals surface area contributed by atoms with Crippen LogP contribution in [0, 0.1) is 0 Å². The fourth-order valence-electron chi connectivity index (χ4n) is 1.80. The van der Waals surface area contributed by atoms with Crippen LogP contribution in [0.25, 0.3) is 11.4 Å². The van der Waals surface area contributed by atoms with E-state index in [-0.39, 0.29) is 12.2 Å². The molecule has 1 heterocycles. The molecule has 0 amide bonds. The molecule has 2 aromatic rings. The summed E-state index contributed by atoms with van der Waals surface area (Å²) in [6.45, 7) is 1.45. The molecular formula is C13H15N3O3. The van der Waals surface area contributed by atoms with Crippen molar-refractivity contribution in [3.05, 3.63) is 36.2 Å². The van der Waals surface area contributed by atoms with E-state index < -0.39 is 11.5 Å². The molecule has 2 rings (SSSR count). The highest BCUT2D eigenvalue weighted by molar-refractivity contribution is 5.78. The second-order valence-electron chi connectivity index (χ2n) is 4.69. The van der Waals surface area contributed by atoms with E-state index in [4.69, 9.17) is 10.8 Å². The first-order valence-electron chi connectivity index (χ1n) is 5.74. The predicted molar refractivity (Wildman–Crippen MR) is 69.6 cm³/mol. The van der Waals surface area contributed by atoms with Gasteiger partial charge >= 0.3 is 5.97 Å². The number of carbonyl (C=O) groups is 1. The molecule has 0 saturated heterocycles. The Labute approximate surface area is 109 Å². The molecular weight excluding hydrogens is 246 g/mol. The Bertz CT molecular complexity index is 591. The van der Waals surface area contributed by atoms with E-state index >= 15 is 0 Å². The zero-order valence-corrected chi connectivity index (χ0v) is 10.4. The molecule has 100 valence electrons. The molecule has 1 aromatic heterocycles. The summed E-state index contributed by atoms with van der Waals surface area (Å²) in [6.07, 6.45) is 3.38. The van der Waals surface area contributed by atoms with Crippen LogP contribution in [0.3, 0.4) is 0 Å². The number of nitrogens with one attached hydrogen (secondary N) is 1. The number of rotatable bonds is 4. The number of aromatic amines is 1. The summed E-state index contributed by atoms with van der Waals surface area (Å²) in [5.41, 5.74) is 5.60. The van der Waals surface area contributed by atoms with Gasteiger partial charge in [-0.25, -0.2) is 4.98 Å². The lowest BCUT2D eigenvalue weighted by atomic mass is 9.93. The van der Waals surface area contributed by atoms with Gasteiger partial charge in [-0.05, 0) is 24.6 Å². The molecule has 0 aliphatic carbocycles. The number of aromatic nitrogens is 2. The highest BCUT2D eigenvalue weighted by Gasteiger charge is 2.28. The molecule has 19 heavy (non-hydrogen) atoms. The Morgan fingerprint density at radius 3 is 2.84 bits per heavy atom. The van der Waals surface area contributed by atoms with Gasteiger partial charge in [0.2, 0.25) is 0 Å². The number of benzene rings is 1. The molecule has 0 aliphatic rings. The van der Waals surface area contributed by atoms with Crippen LogP contribution in [-0.4, -0.2) is 31.7 Å². The monoisotopic (exact) mass is 261 g/mol. The number of carboxylic acid groups (broad SMARTS) is 1. The summed E-state index contributed by atoms with van der Waals surface area (Å²) in [4.78, 5) is 18.0. The van der Waals surface area contributed by atoms with Crippen LogP contribution in [0.4, 0.5) is 0 Å². The minimum Gasteiger partial charge on any atom is -0.507 e. The number of hydrogen-bond acceptors (Lipinski definition) is 4. The van der Waals surface area contributed by atoms with Crippen molar-refractivity contribution in [3.63, 3.8) is 0 Å². The number of phenols is 1. The fourth-order valence-corrected chi connectivity index (χ4v) is 1.80. The first-order chi connectivity index (χ1) is 8.90. The third kappa shape index (κ3) is 2.74. The third-order valence-electron chi connectivity index (χ3n) is 2.87. The molecule has 6 heteroatoms. The number of nitrogens with zero attached hydrogens (tertiary/aromatic N) is 1. The number of hydrogen-bond donors (Lipinski definition) is 4. The summed E-state index contributed by atoms with van der Waals surface area (Å²) in [5.74, 6) is -0.471. The van der Waals surface area contributed by atoms with Crippen molar-refractivity contribution < 1.29 is 15.0 Å². The number of phenolic OH excluding ortho intramolecular Hbond substituents is 1. The Balaban J connectivity index is 2.35. The average Bonchev–Trinajstić information content (AvgIpc) is 2.84. The molecule has 0 fully saturated rings. The lowest BCUT2D eigenvalue weighted by Crippen LogP contribution is -2.46. The summed E-state index contributed by atoms with van der Waals surface area (Å²) in [5, 5.41) is 18.8.